The fourth-order valence-electron chi connectivity index (χ4n) is 6.53. The van der Waals surface area contributed by atoms with E-state index in [1.54, 1.807) is 0 Å². The van der Waals surface area contributed by atoms with Crippen LogP contribution in [0.5, 0.6) is 0 Å². The number of hydrogen-bond acceptors (Lipinski definition) is 4. The molecule has 4 fully saturated rings. The molecule has 20 heavy (non-hydrogen) atoms. The van der Waals surface area contributed by atoms with Gasteiger partial charge in [0.2, 0.25) is 0 Å². The Morgan fingerprint density at radius 2 is 2.10 bits per heavy atom. The highest BCUT2D eigenvalue weighted by Crippen LogP contribution is 2.70. The lowest BCUT2D eigenvalue weighted by atomic mass is 9.39. The Balaban J connectivity index is 1.94. The average molecular weight is 282 g/mol. The van der Waals surface area contributed by atoms with E-state index in [0.717, 1.165) is 25.8 Å². The summed E-state index contributed by atoms with van der Waals surface area (Å²) in [6.45, 7) is 5.08. The predicted molar refractivity (Wildman–Crippen MR) is 75.4 cm³/mol. The lowest BCUT2D eigenvalue weighted by molar-refractivity contribution is -0.773. The molecular weight excluding hydrogens is 256 g/mol. The molecule has 0 aliphatic heterocycles. The fourth-order valence-corrected chi connectivity index (χ4v) is 6.53. The molecule has 5 atom stereocenters. The van der Waals surface area contributed by atoms with Crippen LogP contribution < -0.4 is 5.73 Å². The van der Waals surface area contributed by atoms with Crippen molar-refractivity contribution in [2.75, 3.05) is 6.54 Å². The van der Waals surface area contributed by atoms with Gasteiger partial charge in [-0.2, -0.15) is 0 Å². The summed E-state index contributed by atoms with van der Waals surface area (Å²) in [6, 6.07) is 0. The molecule has 0 radical (unpaired) electrons. The molecule has 0 amide bonds. The summed E-state index contributed by atoms with van der Waals surface area (Å²) in [4.78, 5) is 15.9. The summed E-state index contributed by atoms with van der Waals surface area (Å²) in [5.41, 5.74) is 6.62. The standard InChI is InChI=1S/C15H26N2O3/c1-3-12(20-17(18)19)15-6-11-4-13(2,8-15)7-14(5-11,9-15)10-16/h11-12H,3-10,16H2,1-2H3. The predicted octanol–water partition coefficient (Wildman–Crippen LogP) is 2.91. The first-order valence-electron chi connectivity index (χ1n) is 7.86. The zero-order chi connectivity index (χ0) is 14.6. The van der Waals surface area contributed by atoms with E-state index in [1.807, 2.05) is 6.92 Å². The van der Waals surface area contributed by atoms with Gasteiger partial charge in [-0.15, -0.1) is 10.1 Å². The van der Waals surface area contributed by atoms with Crippen LogP contribution in [0.1, 0.15) is 58.8 Å². The van der Waals surface area contributed by atoms with E-state index >= 15 is 0 Å². The molecule has 0 aromatic rings. The highest BCUT2D eigenvalue weighted by Gasteiger charge is 2.63. The lowest BCUT2D eigenvalue weighted by Crippen LogP contribution is -2.61. The van der Waals surface area contributed by atoms with Gasteiger partial charge in [0.1, 0.15) is 6.10 Å². The SMILES string of the molecule is CCC(O[N+](=O)[O-])C12CC3CC(C)(CC(CN)(C3)C1)C2. The molecule has 0 spiro atoms. The molecule has 5 unspecified atom stereocenters. The number of rotatable bonds is 5. The van der Waals surface area contributed by atoms with Crippen molar-refractivity contribution in [2.24, 2.45) is 27.9 Å². The van der Waals surface area contributed by atoms with Crippen LogP contribution in [0.3, 0.4) is 0 Å². The van der Waals surface area contributed by atoms with Crippen LogP contribution in [0, 0.1) is 32.3 Å². The van der Waals surface area contributed by atoms with Gasteiger partial charge in [0.15, 0.2) is 0 Å². The zero-order valence-corrected chi connectivity index (χ0v) is 12.6. The fraction of sp³-hybridized carbons (Fsp3) is 1.00. The zero-order valence-electron chi connectivity index (χ0n) is 12.6. The van der Waals surface area contributed by atoms with E-state index in [2.05, 4.69) is 6.92 Å². The third-order valence-corrected chi connectivity index (χ3v) is 6.21. The lowest BCUT2D eigenvalue weighted by Gasteiger charge is -2.67. The summed E-state index contributed by atoms with van der Waals surface area (Å²) in [5.74, 6) is 0.684. The van der Waals surface area contributed by atoms with E-state index < -0.39 is 5.09 Å². The first-order valence-corrected chi connectivity index (χ1v) is 7.86. The first kappa shape index (κ1) is 14.1. The van der Waals surface area contributed by atoms with Crippen molar-refractivity contribution < 1.29 is 9.92 Å². The molecule has 0 saturated heterocycles. The molecule has 4 saturated carbocycles. The molecule has 0 heterocycles. The van der Waals surface area contributed by atoms with Crippen LogP contribution in [-0.2, 0) is 4.84 Å². The average Bonchev–Trinajstić information content (AvgIpc) is 2.32. The van der Waals surface area contributed by atoms with Gasteiger partial charge in [-0.3, -0.25) is 0 Å². The third kappa shape index (κ3) is 2.01. The van der Waals surface area contributed by atoms with Crippen LogP contribution in [-0.4, -0.2) is 17.7 Å². The molecule has 2 N–H and O–H groups in total. The number of nitrogens with zero attached hydrogens (tertiary/aromatic N) is 1. The second-order valence-corrected chi connectivity index (χ2v) is 8.11. The van der Waals surface area contributed by atoms with Gasteiger partial charge in [0.05, 0.1) is 0 Å². The Kier molecular flexibility index (Phi) is 3.05. The smallest absolute Gasteiger partial charge is 0.294 e. The second kappa shape index (κ2) is 4.33. The minimum Gasteiger partial charge on any atom is -0.330 e. The molecule has 0 aromatic carbocycles. The topological polar surface area (TPSA) is 78.4 Å². The van der Waals surface area contributed by atoms with Gasteiger partial charge in [0.25, 0.3) is 5.09 Å². The molecular formula is C15H26N2O3. The maximum atomic E-state index is 10.8. The molecule has 114 valence electrons. The molecule has 4 bridgehead atoms. The van der Waals surface area contributed by atoms with E-state index in [-0.39, 0.29) is 16.9 Å². The maximum absolute atomic E-state index is 10.8. The van der Waals surface area contributed by atoms with Crippen molar-refractivity contribution in [1.82, 2.24) is 0 Å². The van der Waals surface area contributed by atoms with Crippen molar-refractivity contribution >= 4 is 0 Å². The van der Waals surface area contributed by atoms with Crippen LogP contribution >= 0.6 is 0 Å². The monoisotopic (exact) mass is 282 g/mol. The quantitative estimate of drug-likeness (QED) is 0.621. The normalized spacial score (nSPS) is 47.2. The Bertz CT molecular complexity index is 429. The summed E-state index contributed by atoms with van der Waals surface area (Å²) < 4.78 is 0. The van der Waals surface area contributed by atoms with Gasteiger partial charge in [0, 0.05) is 0 Å². The van der Waals surface area contributed by atoms with Gasteiger partial charge in [-0.25, -0.2) is 0 Å². The maximum Gasteiger partial charge on any atom is 0.294 e. The number of nitrogens with two attached hydrogens (primary N) is 1. The Labute approximate surface area is 120 Å². The van der Waals surface area contributed by atoms with Crippen molar-refractivity contribution in [3.63, 3.8) is 0 Å². The van der Waals surface area contributed by atoms with E-state index in [0.29, 0.717) is 17.8 Å². The van der Waals surface area contributed by atoms with E-state index in [1.165, 1.54) is 19.3 Å². The minimum atomic E-state index is -0.593. The summed E-state index contributed by atoms with van der Waals surface area (Å²) in [6.07, 6.45) is 7.33. The van der Waals surface area contributed by atoms with Crippen LogP contribution in [0.25, 0.3) is 0 Å². The van der Waals surface area contributed by atoms with Crippen molar-refractivity contribution in [3.05, 3.63) is 10.1 Å². The highest BCUT2D eigenvalue weighted by molar-refractivity contribution is 5.13. The third-order valence-electron chi connectivity index (χ3n) is 6.21. The number of hydrogen-bond donors (Lipinski definition) is 1. The minimum absolute atomic E-state index is 0.0185. The van der Waals surface area contributed by atoms with Crippen molar-refractivity contribution in [2.45, 2.75) is 64.9 Å². The summed E-state index contributed by atoms with van der Waals surface area (Å²) in [7, 11) is 0. The first-order chi connectivity index (χ1) is 9.34. The molecule has 5 heteroatoms. The van der Waals surface area contributed by atoms with Crippen LogP contribution in [0.4, 0.5) is 0 Å². The Morgan fingerprint density at radius 1 is 1.35 bits per heavy atom. The summed E-state index contributed by atoms with van der Waals surface area (Å²) >= 11 is 0. The van der Waals surface area contributed by atoms with Gasteiger partial charge >= 0.3 is 0 Å². The molecule has 4 aliphatic rings. The van der Waals surface area contributed by atoms with Crippen LogP contribution in [0.15, 0.2) is 0 Å². The van der Waals surface area contributed by atoms with Gasteiger partial charge in [-0.1, -0.05) is 13.8 Å². The van der Waals surface area contributed by atoms with Crippen molar-refractivity contribution in [1.29, 1.82) is 0 Å². The molecule has 5 nitrogen and oxygen atoms in total. The van der Waals surface area contributed by atoms with Gasteiger partial charge in [-0.05, 0) is 73.7 Å². The van der Waals surface area contributed by atoms with Crippen molar-refractivity contribution in [3.8, 4) is 0 Å². The van der Waals surface area contributed by atoms with E-state index in [4.69, 9.17) is 10.6 Å². The highest BCUT2D eigenvalue weighted by atomic mass is 17.0. The second-order valence-electron chi connectivity index (χ2n) is 8.11. The molecule has 0 aromatic heterocycles. The van der Waals surface area contributed by atoms with Crippen LogP contribution in [0.2, 0.25) is 0 Å². The Hall–Kier alpha value is -0.840. The Morgan fingerprint density at radius 3 is 2.65 bits per heavy atom. The van der Waals surface area contributed by atoms with Gasteiger partial charge < -0.3 is 10.6 Å². The molecule has 4 aliphatic carbocycles. The molecule has 4 rings (SSSR count). The van der Waals surface area contributed by atoms with E-state index in [9.17, 15) is 10.1 Å². The largest absolute Gasteiger partial charge is 0.330 e. The summed E-state index contributed by atoms with van der Waals surface area (Å²) in [5, 5.41) is 10.3.